The van der Waals surface area contributed by atoms with E-state index in [1.54, 1.807) is 29.3 Å². The number of benzene rings is 2. The number of aryl methyl sites for hydroxylation is 2. The lowest BCUT2D eigenvalue weighted by atomic mass is 9.52. The summed E-state index contributed by atoms with van der Waals surface area (Å²) < 4.78 is 36.5. The minimum absolute atomic E-state index is 0.0752. The normalized spacial score (nSPS) is 20.8. The second kappa shape index (κ2) is 13.2. The topological polar surface area (TPSA) is 131 Å². The maximum atomic E-state index is 14.6. The van der Waals surface area contributed by atoms with Crippen molar-refractivity contribution in [1.29, 1.82) is 0 Å². The first-order valence-electron chi connectivity index (χ1n) is 17.8. The zero-order chi connectivity index (χ0) is 36.1. The Morgan fingerprint density at radius 2 is 1.75 bits per heavy atom. The fraction of sp³-hybridized carbons (Fsp3) is 0.462. The predicted octanol–water partition coefficient (Wildman–Crippen LogP) is 6.96. The highest BCUT2D eigenvalue weighted by atomic mass is 32.2. The van der Waals surface area contributed by atoms with Gasteiger partial charge in [0.05, 0.1) is 23.2 Å². The van der Waals surface area contributed by atoms with Gasteiger partial charge in [-0.05, 0) is 92.2 Å². The molecule has 268 valence electrons. The van der Waals surface area contributed by atoms with Crippen molar-refractivity contribution in [2.75, 3.05) is 23.3 Å². The molecule has 7 rings (SSSR count). The molecule has 11 nitrogen and oxygen atoms in total. The van der Waals surface area contributed by atoms with Crippen LogP contribution in [0.2, 0.25) is 0 Å². The molecule has 1 aliphatic heterocycles. The lowest BCUT2D eigenvalue weighted by molar-refractivity contribution is -0.0000832. The Hall–Kier alpha value is -4.58. The fourth-order valence-electron chi connectivity index (χ4n) is 8.02. The number of anilines is 2. The Labute approximate surface area is 301 Å². The number of sulfonamides is 1. The summed E-state index contributed by atoms with van der Waals surface area (Å²) in [6, 6.07) is 15.7. The Balaban J connectivity index is 1.30. The molecule has 2 aromatic carbocycles. The number of nitrogens with zero attached hydrogens (tertiary/aromatic N) is 6. The van der Waals surface area contributed by atoms with Gasteiger partial charge in [0.2, 0.25) is 11.8 Å². The lowest BCUT2D eigenvalue weighted by Crippen LogP contribution is -2.57. The first-order chi connectivity index (χ1) is 24.2. The molecule has 2 fully saturated rings. The minimum atomic E-state index is -4.18. The van der Waals surface area contributed by atoms with E-state index in [1.807, 2.05) is 38.1 Å². The third-order valence-electron chi connectivity index (χ3n) is 10.8. The number of ether oxygens (including phenoxy) is 1. The average Bonchev–Trinajstić information content (AvgIpc) is 3.03. The van der Waals surface area contributed by atoms with Crippen LogP contribution in [0.4, 0.5) is 11.8 Å². The maximum Gasteiger partial charge on any atom is 0.264 e. The largest absolute Gasteiger partial charge is 0.475 e. The van der Waals surface area contributed by atoms with E-state index in [2.05, 4.69) is 52.4 Å². The molecule has 3 heterocycles. The number of hydrogen-bond donors (Lipinski definition) is 1. The van der Waals surface area contributed by atoms with E-state index < -0.39 is 16.1 Å². The van der Waals surface area contributed by atoms with Gasteiger partial charge in [0.1, 0.15) is 18.2 Å². The molecule has 2 saturated carbocycles. The molecule has 2 aromatic heterocycles. The van der Waals surface area contributed by atoms with Crippen molar-refractivity contribution in [3.63, 3.8) is 0 Å². The summed E-state index contributed by atoms with van der Waals surface area (Å²) in [5.41, 5.74) is 3.80. The molecule has 4 bridgehead atoms. The summed E-state index contributed by atoms with van der Waals surface area (Å²) >= 11 is 0. The number of rotatable bonds is 6. The van der Waals surface area contributed by atoms with Gasteiger partial charge in [-0.15, -0.1) is 0 Å². The van der Waals surface area contributed by atoms with Crippen molar-refractivity contribution in [2.45, 2.75) is 96.7 Å². The number of hydrogen-bond acceptors (Lipinski definition) is 9. The number of carbonyl (C=O) groups is 1. The summed E-state index contributed by atoms with van der Waals surface area (Å²) in [6.45, 7) is 10.5. The van der Waals surface area contributed by atoms with Crippen LogP contribution in [0.15, 0.2) is 65.7 Å². The van der Waals surface area contributed by atoms with E-state index >= 15 is 0 Å². The van der Waals surface area contributed by atoms with E-state index in [0.717, 1.165) is 28.9 Å². The quantitative estimate of drug-likeness (QED) is 0.226. The second-order valence-corrected chi connectivity index (χ2v) is 17.4. The van der Waals surface area contributed by atoms with Crippen LogP contribution in [0.3, 0.4) is 0 Å². The molecule has 0 saturated heterocycles. The Morgan fingerprint density at radius 3 is 2.41 bits per heavy atom. The van der Waals surface area contributed by atoms with Crippen LogP contribution in [0.5, 0.6) is 5.88 Å². The molecular formula is C39H47N7O4S. The van der Waals surface area contributed by atoms with E-state index in [0.29, 0.717) is 29.4 Å². The Morgan fingerprint density at radius 1 is 1.00 bits per heavy atom. The van der Waals surface area contributed by atoms with Crippen molar-refractivity contribution in [3.05, 3.63) is 83.3 Å². The molecule has 2 aliphatic carbocycles. The summed E-state index contributed by atoms with van der Waals surface area (Å²) in [5, 5.41) is 0. The van der Waals surface area contributed by atoms with Gasteiger partial charge in [0.15, 0.2) is 0 Å². The van der Waals surface area contributed by atoms with Crippen molar-refractivity contribution in [1.82, 2.24) is 24.8 Å². The average molecular weight is 710 g/mol. The van der Waals surface area contributed by atoms with Crippen molar-refractivity contribution in [3.8, 4) is 17.1 Å². The van der Waals surface area contributed by atoms with Crippen molar-refractivity contribution >= 4 is 27.7 Å². The first-order valence-corrected chi connectivity index (χ1v) is 19.3. The van der Waals surface area contributed by atoms with Crippen molar-refractivity contribution < 1.29 is 17.9 Å². The zero-order valence-electron chi connectivity index (χ0n) is 30.3. The molecule has 12 heteroatoms. The monoisotopic (exact) mass is 709 g/mol. The number of amides is 1. The zero-order valence-corrected chi connectivity index (χ0v) is 31.1. The highest BCUT2D eigenvalue weighted by Gasteiger charge is 2.52. The van der Waals surface area contributed by atoms with E-state index in [-0.39, 0.29) is 46.8 Å². The van der Waals surface area contributed by atoms with Gasteiger partial charge in [-0.3, -0.25) is 4.79 Å². The fourth-order valence-corrected chi connectivity index (χ4v) is 9.01. The van der Waals surface area contributed by atoms with Crippen LogP contribution >= 0.6 is 0 Å². The van der Waals surface area contributed by atoms with E-state index in [4.69, 9.17) is 9.72 Å². The molecule has 4 aromatic rings. The number of aromatic nitrogens is 4. The molecule has 1 spiro atoms. The van der Waals surface area contributed by atoms with Gasteiger partial charge in [-0.1, -0.05) is 51.5 Å². The van der Waals surface area contributed by atoms with Gasteiger partial charge in [-0.25, -0.2) is 28.1 Å². The van der Waals surface area contributed by atoms with E-state index in [1.165, 1.54) is 37.8 Å². The summed E-state index contributed by atoms with van der Waals surface area (Å²) in [7, 11) is -2.07. The predicted molar refractivity (Wildman–Crippen MR) is 197 cm³/mol. The molecule has 1 N–H and O–H groups in total. The molecule has 3 aliphatic rings. The molecule has 1 amide bonds. The summed E-state index contributed by atoms with van der Waals surface area (Å²) in [6.07, 6.45) is 8.57. The van der Waals surface area contributed by atoms with Crippen LogP contribution in [0, 0.1) is 24.7 Å². The molecular weight excluding hydrogens is 663 g/mol. The minimum Gasteiger partial charge on any atom is -0.475 e. The Bertz CT molecular complexity index is 2050. The molecule has 51 heavy (non-hydrogen) atoms. The van der Waals surface area contributed by atoms with Gasteiger partial charge >= 0.3 is 0 Å². The summed E-state index contributed by atoms with van der Waals surface area (Å²) in [4.78, 5) is 37.3. The molecule has 0 unspecified atom stereocenters. The Kier molecular flexibility index (Phi) is 9.02. The van der Waals surface area contributed by atoms with E-state index in [9.17, 15) is 13.2 Å². The summed E-state index contributed by atoms with van der Waals surface area (Å²) in [5.74, 6) is 1.08. The first kappa shape index (κ1) is 34.9. The smallest absolute Gasteiger partial charge is 0.264 e. The second-order valence-electron chi connectivity index (χ2n) is 15.7. The van der Waals surface area contributed by atoms with Gasteiger partial charge in [0, 0.05) is 36.5 Å². The van der Waals surface area contributed by atoms with Crippen molar-refractivity contribution in [2.24, 2.45) is 10.8 Å². The van der Waals surface area contributed by atoms with Crippen LogP contribution in [-0.2, 0) is 16.6 Å². The highest BCUT2D eigenvalue weighted by molar-refractivity contribution is 7.92. The van der Waals surface area contributed by atoms with Crippen LogP contribution in [0.1, 0.15) is 86.6 Å². The number of fused-ring (bicyclic) bond motifs is 4. The van der Waals surface area contributed by atoms with Gasteiger partial charge in [-0.2, -0.15) is 4.98 Å². The third kappa shape index (κ3) is 7.02. The SMILES string of the molecule is Cc1cccc(C)c1-c1cc2nc(n1)NS(=O)(=O)c1cccc(c1)C(=O)N(Cc1nccc(N(C)[C@@H]3CCC34CCC4)n1)[C@H](CC(C)(C)C)CO2. The standard InChI is InChI=1S/C39H47N7O4S/c1-25-10-7-11-26(2)35(25)30-21-34-43-37(41-30)44-51(48,49)29-13-8-12-27(20-29)36(47)46(28(24-50-34)22-38(3,4)5)23-32-40-19-15-33(42-32)45(6)31-14-18-39(31)16-9-17-39/h7-8,10-13,15,19-21,28,31H,9,14,16-18,22-24H2,1-6H3,(H,41,43,44)/t28-,31-/m1/s1. The van der Waals surface area contributed by atoms with Crippen LogP contribution < -0.4 is 14.4 Å². The van der Waals surface area contributed by atoms with Gasteiger partial charge < -0.3 is 14.5 Å². The highest BCUT2D eigenvalue weighted by Crippen LogP contribution is 2.57. The van der Waals surface area contributed by atoms with Crippen LogP contribution in [-0.4, -0.2) is 64.9 Å². The van der Waals surface area contributed by atoms with Crippen LogP contribution in [0.25, 0.3) is 11.3 Å². The molecule has 2 atom stereocenters. The number of nitrogens with one attached hydrogen (secondary N) is 1. The third-order valence-corrected chi connectivity index (χ3v) is 12.2. The lowest BCUT2D eigenvalue weighted by Gasteiger charge is -2.59. The molecule has 0 radical (unpaired) electrons. The van der Waals surface area contributed by atoms with Gasteiger partial charge in [0.25, 0.3) is 15.9 Å². The maximum absolute atomic E-state index is 14.6. The number of carbonyl (C=O) groups excluding carboxylic acids is 1.